The molecule has 0 aliphatic rings. The average Bonchev–Trinajstić information content (AvgIpc) is 2.49. The highest BCUT2D eigenvalue weighted by Gasteiger charge is 2.13. The molecule has 2 rings (SSSR count). The molecule has 0 saturated carbocycles. The van der Waals surface area contributed by atoms with Crippen LogP contribution in [0.2, 0.25) is 0 Å². The molecule has 0 atom stereocenters. The van der Waals surface area contributed by atoms with E-state index in [1.54, 1.807) is 0 Å². The van der Waals surface area contributed by atoms with Crippen molar-refractivity contribution in [3.05, 3.63) is 34.4 Å². The van der Waals surface area contributed by atoms with E-state index in [9.17, 15) is 0 Å². The van der Waals surface area contributed by atoms with Crippen LogP contribution < -0.4 is 5.73 Å². The van der Waals surface area contributed by atoms with E-state index in [0.29, 0.717) is 16.1 Å². The first-order chi connectivity index (χ1) is 6.70. The van der Waals surface area contributed by atoms with Crippen molar-refractivity contribution in [2.45, 2.75) is 6.92 Å². The number of nitrogens with two attached hydrogens (primary N) is 1. The summed E-state index contributed by atoms with van der Waals surface area (Å²) >= 11 is 3.21. The number of benzene rings is 1. The second-order valence-corrected chi connectivity index (χ2v) is 3.78. The maximum atomic E-state index is 5.80. The molecule has 0 amide bonds. The van der Waals surface area contributed by atoms with Gasteiger partial charge in [0.05, 0.1) is 0 Å². The summed E-state index contributed by atoms with van der Waals surface area (Å²) in [5.74, 6) is 0.620. The number of halogens is 1. The molecule has 0 fully saturated rings. The Bertz CT molecular complexity index is 465. The van der Waals surface area contributed by atoms with Gasteiger partial charge in [-0.15, -0.1) is 0 Å². The summed E-state index contributed by atoms with van der Waals surface area (Å²) in [6.07, 6.45) is 0. The van der Waals surface area contributed by atoms with Gasteiger partial charge in [0.15, 0.2) is 10.4 Å². The molecule has 0 unspecified atom stereocenters. The van der Waals surface area contributed by atoms with Crippen molar-refractivity contribution < 1.29 is 4.52 Å². The Morgan fingerprint density at radius 2 is 2.07 bits per heavy atom. The first kappa shape index (κ1) is 9.27. The smallest absolute Gasteiger partial charge is 0.191 e. The van der Waals surface area contributed by atoms with Crippen LogP contribution in [-0.4, -0.2) is 5.16 Å². The van der Waals surface area contributed by atoms with Crippen molar-refractivity contribution in [1.82, 2.24) is 5.16 Å². The zero-order chi connectivity index (χ0) is 10.1. The third-order valence-electron chi connectivity index (χ3n) is 2.07. The fraction of sp³-hybridized carbons (Fsp3) is 0.100. The summed E-state index contributed by atoms with van der Waals surface area (Å²) < 4.78 is 5.69. The molecule has 72 valence electrons. The minimum Gasteiger partial charge on any atom is -0.393 e. The van der Waals surface area contributed by atoms with Gasteiger partial charge in [-0.25, -0.2) is 0 Å². The molecule has 1 heterocycles. The van der Waals surface area contributed by atoms with E-state index < -0.39 is 0 Å². The predicted molar refractivity (Wildman–Crippen MR) is 58.8 cm³/mol. The minimum absolute atomic E-state index is 0.541. The summed E-state index contributed by atoms with van der Waals surface area (Å²) in [4.78, 5) is 0. The van der Waals surface area contributed by atoms with E-state index in [0.717, 1.165) is 11.1 Å². The molecule has 0 saturated heterocycles. The largest absolute Gasteiger partial charge is 0.393 e. The molecule has 1 aromatic carbocycles. The van der Waals surface area contributed by atoms with E-state index in [4.69, 9.17) is 10.3 Å². The summed E-state index contributed by atoms with van der Waals surface area (Å²) in [5.41, 5.74) is 8.43. The van der Waals surface area contributed by atoms with Gasteiger partial charge in [-0.05, 0) is 28.4 Å². The normalized spacial score (nSPS) is 10.4. The van der Waals surface area contributed by atoms with Crippen LogP contribution in [0.15, 0.2) is 33.4 Å². The molecule has 3 nitrogen and oxygen atoms in total. The van der Waals surface area contributed by atoms with Gasteiger partial charge >= 0.3 is 0 Å². The summed E-state index contributed by atoms with van der Waals surface area (Å²) in [6.45, 7) is 2.01. The van der Waals surface area contributed by atoms with Gasteiger partial charge in [0.1, 0.15) is 5.69 Å². The molecule has 2 N–H and O–H groups in total. The van der Waals surface area contributed by atoms with Crippen LogP contribution in [0, 0.1) is 6.92 Å². The van der Waals surface area contributed by atoms with Crippen molar-refractivity contribution >= 4 is 21.6 Å². The lowest BCUT2D eigenvalue weighted by Gasteiger charge is -2.00. The maximum Gasteiger partial charge on any atom is 0.191 e. The molecule has 0 radical (unpaired) electrons. The average molecular weight is 253 g/mol. The van der Waals surface area contributed by atoms with Crippen molar-refractivity contribution in [3.63, 3.8) is 0 Å². The number of rotatable bonds is 1. The van der Waals surface area contributed by atoms with E-state index >= 15 is 0 Å². The second kappa shape index (κ2) is 3.46. The molecule has 0 aliphatic heterocycles. The summed E-state index contributed by atoms with van der Waals surface area (Å²) in [6, 6.07) is 7.88. The van der Waals surface area contributed by atoms with Crippen LogP contribution in [0.4, 0.5) is 5.69 Å². The second-order valence-electron chi connectivity index (χ2n) is 3.03. The van der Waals surface area contributed by atoms with Crippen LogP contribution in [0.5, 0.6) is 0 Å². The van der Waals surface area contributed by atoms with Crippen LogP contribution in [0.3, 0.4) is 0 Å². The number of hydrogen-bond acceptors (Lipinski definition) is 3. The number of nitrogen functional groups attached to an aromatic ring is 1. The lowest BCUT2D eigenvalue weighted by molar-refractivity contribution is 0.428. The van der Waals surface area contributed by atoms with Gasteiger partial charge in [0.2, 0.25) is 0 Å². The first-order valence-corrected chi connectivity index (χ1v) is 4.96. The lowest BCUT2D eigenvalue weighted by atomic mass is 10.1. The van der Waals surface area contributed by atoms with E-state index in [1.807, 2.05) is 31.2 Å². The van der Waals surface area contributed by atoms with Gasteiger partial charge in [0, 0.05) is 5.56 Å². The molecule has 0 spiro atoms. The summed E-state index contributed by atoms with van der Waals surface area (Å²) in [5, 5.41) is 3.75. The third-order valence-corrected chi connectivity index (χ3v) is 2.65. The molecule has 0 bridgehead atoms. The molecule has 0 aliphatic carbocycles. The molecule has 4 heteroatoms. The molecule has 14 heavy (non-hydrogen) atoms. The third kappa shape index (κ3) is 1.42. The van der Waals surface area contributed by atoms with Gasteiger partial charge in [-0.2, -0.15) is 0 Å². The minimum atomic E-state index is 0.541. The molecule has 2 aromatic rings. The standard InChI is InChI=1S/C10H9BrN2O/c1-6-4-2-3-5-7(6)9-8(12)10(11)13-14-9/h2-5H,12H2,1H3. The fourth-order valence-corrected chi connectivity index (χ4v) is 1.55. The lowest BCUT2D eigenvalue weighted by Crippen LogP contribution is -1.87. The topological polar surface area (TPSA) is 52.0 Å². The monoisotopic (exact) mass is 252 g/mol. The van der Waals surface area contributed by atoms with E-state index in [-0.39, 0.29) is 0 Å². The summed E-state index contributed by atoms with van der Waals surface area (Å²) in [7, 11) is 0. The van der Waals surface area contributed by atoms with Crippen molar-refractivity contribution in [2.24, 2.45) is 0 Å². The Hall–Kier alpha value is -1.29. The maximum absolute atomic E-state index is 5.80. The Kier molecular flexibility index (Phi) is 2.29. The van der Waals surface area contributed by atoms with Gasteiger partial charge in [-0.1, -0.05) is 29.4 Å². The van der Waals surface area contributed by atoms with E-state index in [2.05, 4.69) is 21.1 Å². The van der Waals surface area contributed by atoms with Crippen LogP contribution >= 0.6 is 15.9 Å². The quantitative estimate of drug-likeness (QED) is 0.849. The highest BCUT2D eigenvalue weighted by molar-refractivity contribution is 9.10. The molecular weight excluding hydrogens is 244 g/mol. The predicted octanol–water partition coefficient (Wildman–Crippen LogP) is 2.99. The molecule has 1 aromatic heterocycles. The van der Waals surface area contributed by atoms with Crippen molar-refractivity contribution in [2.75, 3.05) is 5.73 Å². The number of nitrogens with zero attached hydrogens (tertiary/aromatic N) is 1. The Balaban J connectivity index is 2.60. The Morgan fingerprint density at radius 1 is 1.36 bits per heavy atom. The van der Waals surface area contributed by atoms with E-state index in [1.165, 1.54) is 0 Å². The van der Waals surface area contributed by atoms with Crippen LogP contribution in [0.1, 0.15) is 5.56 Å². The van der Waals surface area contributed by atoms with Gasteiger partial charge in [-0.3, -0.25) is 0 Å². The fourth-order valence-electron chi connectivity index (χ4n) is 1.30. The van der Waals surface area contributed by atoms with Crippen molar-refractivity contribution in [3.8, 4) is 11.3 Å². The zero-order valence-corrected chi connectivity index (χ0v) is 9.21. The first-order valence-electron chi connectivity index (χ1n) is 4.17. The number of aryl methyl sites for hydroxylation is 1. The number of hydrogen-bond donors (Lipinski definition) is 1. The van der Waals surface area contributed by atoms with Crippen LogP contribution in [-0.2, 0) is 0 Å². The number of aromatic nitrogens is 1. The Morgan fingerprint density at radius 3 is 2.64 bits per heavy atom. The zero-order valence-electron chi connectivity index (χ0n) is 7.62. The number of anilines is 1. The Labute approximate surface area is 90.0 Å². The molecular formula is C10H9BrN2O. The SMILES string of the molecule is Cc1ccccc1-c1onc(Br)c1N. The van der Waals surface area contributed by atoms with Crippen LogP contribution in [0.25, 0.3) is 11.3 Å². The van der Waals surface area contributed by atoms with Gasteiger partial charge in [0.25, 0.3) is 0 Å². The van der Waals surface area contributed by atoms with Crippen molar-refractivity contribution in [1.29, 1.82) is 0 Å². The highest BCUT2D eigenvalue weighted by Crippen LogP contribution is 2.32. The highest BCUT2D eigenvalue weighted by atomic mass is 79.9. The van der Waals surface area contributed by atoms with Gasteiger partial charge < -0.3 is 10.3 Å².